The van der Waals surface area contributed by atoms with E-state index in [1.165, 1.54) is 12.8 Å². The van der Waals surface area contributed by atoms with Crippen molar-refractivity contribution in [1.29, 1.82) is 0 Å². The van der Waals surface area contributed by atoms with Gasteiger partial charge in [0.2, 0.25) is 5.88 Å². The fourth-order valence-corrected chi connectivity index (χ4v) is 4.97. The van der Waals surface area contributed by atoms with Crippen LogP contribution in [0, 0.1) is 18.8 Å². The molecule has 1 N–H and O–H groups in total. The van der Waals surface area contributed by atoms with Gasteiger partial charge in [0.25, 0.3) is 0 Å². The number of nitrogens with zero attached hydrogens (tertiary/aromatic N) is 6. The van der Waals surface area contributed by atoms with Crippen LogP contribution in [0.5, 0.6) is 5.88 Å². The first-order chi connectivity index (χ1) is 16.8. The molecule has 2 aliphatic carbocycles. The molecule has 0 aromatic carbocycles. The lowest BCUT2D eigenvalue weighted by Gasteiger charge is -2.27. The molecular formula is C24H34N6O5. The summed E-state index contributed by atoms with van der Waals surface area (Å²) in [6.45, 7) is 2.51. The van der Waals surface area contributed by atoms with Gasteiger partial charge >= 0.3 is 12.1 Å². The number of hydrogen-bond donors (Lipinski definition) is 1. The molecule has 0 radical (unpaired) electrons. The smallest absolute Gasteiger partial charge is 0.409 e. The van der Waals surface area contributed by atoms with Crippen LogP contribution in [0.3, 0.4) is 0 Å². The molecule has 0 spiro atoms. The number of amides is 1. The van der Waals surface area contributed by atoms with E-state index in [4.69, 9.17) is 9.47 Å². The molecule has 4 rings (SSSR count). The Balaban J connectivity index is 1.40. The molecule has 2 atom stereocenters. The third kappa shape index (κ3) is 6.07. The van der Waals surface area contributed by atoms with Gasteiger partial charge in [-0.1, -0.05) is 18.1 Å². The first kappa shape index (κ1) is 24.9. The van der Waals surface area contributed by atoms with Crippen molar-refractivity contribution in [2.24, 2.45) is 18.9 Å². The number of aliphatic carboxylic acids is 1. The molecule has 11 nitrogen and oxygen atoms in total. The lowest BCUT2D eigenvalue weighted by atomic mass is 9.87. The monoisotopic (exact) mass is 486 g/mol. The van der Waals surface area contributed by atoms with Crippen molar-refractivity contribution in [3.05, 3.63) is 17.6 Å². The standard InChI is InChI=1S/C24H34N6O5/c1-15-22(35-18-10-6-9-17(11-18)23(31)32)25-12-19(26-15)21-20(30(3)28-27-21)14-34-24(33)29(2)13-16-7-4-5-8-16/h12,16-18H,4-11,13-14H2,1-3H3,(H,31,32)/t17-,18-/m0/s1. The van der Waals surface area contributed by atoms with Gasteiger partial charge in [0.1, 0.15) is 35.5 Å². The van der Waals surface area contributed by atoms with Crippen LogP contribution in [0.1, 0.15) is 62.8 Å². The Hall–Kier alpha value is -3.24. The normalized spacial score (nSPS) is 20.5. The van der Waals surface area contributed by atoms with Crippen molar-refractivity contribution in [1.82, 2.24) is 29.9 Å². The summed E-state index contributed by atoms with van der Waals surface area (Å²) < 4.78 is 13.1. The fourth-order valence-electron chi connectivity index (χ4n) is 4.97. The number of carboxylic acids is 1. The topological polar surface area (TPSA) is 133 Å². The van der Waals surface area contributed by atoms with E-state index < -0.39 is 5.97 Å². The molecule has 11 heteroatoms. The van der Waals surface area contributed by atoms with Gasteiger partial charge in [-0.3, -0.25) is 4.79 Å². The second kappa shape index (κ2) is 11.0. The average molecular weight is 487 g/mol. The molecule has 2 saturated carbocycles. The minimum absolute atomic E-state index is 0.0182. The Morgan fingerprint density at radius 1 is 1.20 bits per heavy atom. The fraction of sp³-hybridized carbons (Fsp3) is 0.667. The van der Waals surface area contributed by atoms with Gasteiger partial charge in [0.05, 0.1) is 12.1 Å². The number of carbonyl (C=O) groups excluding carboxylic acids is 1. The van der Waals surface area contributed by atoms with Gasteiger partial charge in [0, 0.05) is 20.6 Å². The Morgan fingerprint density at radius 2 is 1.97 bits per heavy atom. The van der Waals surface area contributed by atoms with Crippen molar-refractivity contribution in [2.45, 2.75) is 71.0 Å². The largest absolute Gasteiger partial charge is 0.481 e. The Bertz CT molecular complexity index is 1050. The van der Waals surface area contributed by atoms with E-state index in [0.29, 0.717) is 54.0 Å². The highest BCUT2D eigenvalue weighted by Gasteiger charge is 2.29. The zero-order chi connectivity index (χ0) is 24.9. The second-order valence-electron chi connectivity index (χ2n) is 9.68. The van der Waals surface area contributed by atoms with Gasteiger partial charge in [-0.15, -0.1) is 5.10 Å². The van der Waals surface area contributed by atoms with Gasteiger partial charge in [-0.2, -0.15) is 0 Å². The molecule has 0 saturated heterocycles. The van der Waals surface area contributed by atoms with E-state index in [2.05, 4.69) is 20.3 Å². The highest BCUT2D eigenvalue weighted by Crippen LogP contribution is 2.29. The summed E-state index contributed by atoms with van der Waals surface area (Å²) in [5.41, 5.74) is 2.18. The zero-order valence-corrected chi connectivity index (χ0v) is 20.6. The number of rotatable bonds is 8. The molecule has 0 bridgehead atoms. The minimum Gasteiger partial charge on any atom is -0.481 e. The van der Waals surface area contributed by atoms with Gasteiger partial charge in [-0.25, -0.2) is 19.4 Å². The predicted molar refractivity (Wildman–Crippen MR) is 126 cm³/mol. The predicted octanol–water partition coefficient (Wildman–Crippen LogP) is 3.36. The van der Waals surface area contributed by atoms with Crippen LogP contribution in [-0.2, 0) is 23.2 Å². The third-order valence-electron chi connectivity index (χ3n) is 6.99. The number of carbonyl (C=O) groups is 2. The summed E-state index contributed by atoms with van der Waals surface area (Å²) in [7, 11) is 3.50. The quantitative estimate of drug-likeness (QED) is 0.596. The Morgan fingerprint density at radius 3 is 2.69 bits per heavy atom. The number of aryl methyl sites for hydroxylation is 2. The van der Waals surface area contributed by atoms with Crippen LogP contribution in [0.25, 0.3) is 11.4 Å². The number of hydrogen-bond acceptors (Lipinski definition) is 8. The van der Waals surface area contributed by atoms with Gasteiger partial charge in [0.15, 0.2) is 0 Å². The maximum atomic E-state index is 12.5. The van der Waals surface area contributed by atoms with E-state index in [-0.39, 0.29) is 24.7 Å². The molecule has 1 amide bonds. The summed E-state index contributed by atoms with van der Waals surface area (Å²) in [5, 5.41) is 17.6. The van der Waals surface area contributed by atoms with Crippen molar-refractivity contribution < 1.29 is 24.2 Å². The Labute approximate surface area is 204 Å². The minimum atomic E-state index is -0.780. The van der Waals surface area contributed by atoms with Crippen LogP contribution in [-0.4, -0.2) is 66.7 Å². The molecule has 2 fully saturated rings. The number of carboxylic acid groups (broad SMARTS) is 1. The molecule has 2 aromatic heterocycles. The van der Waals surface area contributed by atoms with Gasteiger partial charge < -0.3 is 19.5 Å². The van der Waals surface area contributed by atoms with Crippen LogP contribution >= 0.6 is 0 Å². The summed E-state index contributed by atoms with van der Waals surface area (Å²) in [6, 6.07) is 0. The van der Waals surface area contributed by atoms with Crippen molar-refractivity contribution in [3.8, 4) is 17.3 Å². The Kier molecular flexibility index (Phi) is 7.82. The average Bonchev–Trinajstić information content (AvgIpc) is 3.48. The molecule has 0 unspecified atom stereocenters. The van der Waals surface area contributed by atoms with Crippen molar-refractivity contribution in [3.63, 3.8) is 0 Å². The maximum Gasteiger partial charge on any atom is 0.409 e. The van der Waals surface area contributed by atoms with Crippen LogP contribution in [0.4, 0.5) is 4.79 Å². The van der Waals surface area contributed by atoms with E-state index in [9.17, 15) is 14.7 Å². The summed E-state index contributed by atoms with van der Waals surface area (Å²) in [4.78, 5) is 34.5. The van der Waals surface area contributed by atoms with Crippen molar-refractivity contribution >= 4 is 12.1 Å². The molecule has 190 valence electrons. The first-order valence-electron chi connectivity index (χ1n) is 12.3. The van der Waals surface area contributed by atoms with Crippen LogP contribution < -0.4 is 4.74 Å². The third-order valence-corrected chi connectivity index (χ3v) is 6.99. The second-order valence-corrected chi connectivity index (χ2v) is 9.68. The highest BCUT2D eigenvalue weighted by molar-refractivity contribution is 5.70. The molecule has 2 aromatic rings. The first-order valence-corrected chi connectivity index (χ1v) is 12.3. The summed E-state index contributed by atoms with van der Waals surface area (Å²) >= 11 is 0. The summed E-state index contributed by atoms with van der Waals surface area (Å²) in [5.74, 6) is -0.236. The lowest BCUT2D eigenvalue weighted by molar-refractivity contribution is -0.143. The number of aromatic nitrogens is 5. The van der Waals surface area contributed by atoms with E-state index in [1.54, 1.807) is 36.8 Å². The van der Waals surface area contributed by atoms with Crippen molar-refractivity contribution in [2.75, 3.05) is 13.6 Å². The van der Waals surface area contributed by atoms with E-state index >= 15 is 0 Å². The maximum absolute atomic E-state index is 12.5. The molecule has 0 aliphatic heterocycles. The molecule has 2 heterocycles. The van der Waals surface area contributed by atoms with E-state index in [1.807, 2.05) is 0 Å². The zero-order valence-electron chi connectivity index (χ0n) is 20.6. The number of ether oxygens (including phenoxy) is 2. The molecule has 2 aliphatic rings. The summed E-state index contributed by atoms with van der Waals surface area (Å²) in [6.07, 6.45) is 8.50. The van der Waals surface area contributed by atoms with Gasteiger partial charge in [-0.05, 0) is 51.4 Å². The molecular weight excluding hydrogens is 452 g/mol. The molecule has 35 heavy (non-hydrogen) atoms. The SMILES string of the molecule is Cc1nc(-c2nnn(C)c2COC(=O)N(C)CC2CCCC2)cnc1O[C@H]1CCC[C@H](C(=O)O)C1. The highest BCUT2D eigenvalue weighted by atomic mass is 16.6. The van der Waals surface area contributed by atoms with Crippen LogP contribution in [0.2, 0.25) is 0 Å². The van der Waals surface area contributed by atoms with Crippen LogP contribution in [0.15, 0.2) is 6.20 Å². The van der Waals surface area contributed by atoms with E-state index in [0.717, 1.165) is 25.7 Å². The lowest BCUT2D eigenvalue weighted by Crippen LogP contribution is -2.31.